The molecule has 6 nitrogen and oxygen atoms in total. The molecule has 2 amide bonds. The van der Waals surface area contributed by atoms with Gasteiger partial charge in [0.1, 0.15) is 5.82 Å². The zero-order chi connectivity index (χ0) is 26.2. The summed E-state index contributed by atoms with van der Waals surface area (Å²) in [6, 6.07) is 4.28. The second kappa shape index (κ2) is 12.9. The van der Waals surface area contributed by atoms with Gasteiger partial charge in [-0.15, -0.1) is 0 Å². The van der Waals surface area contributed by atoms with Gasteiger partial charge in [0.05, 0.1) is 11.1 Å². The van der Waals surface area contributed by atoms with Gasteiger partial charge in [-0.3, -0.25) is 9.59 Å². The molecule has 1 fully saturated rings. The van der Waals surface area contributed by atoms with E-state index in [0.717, 1.165) is 68.1 Å². The number of hydrogen-bond acceptors (Lipinski definition) is 3. The van der Waals surface area contributed by atoms with Gasteiger partial charge in [-0.1, -0.05) is 34.1 Å². The highest BCUT2D eigenvalue weighted by atomic mass is 19.1. The first-order valence-electron chi connectivity index (χ1n) is 13.6. The molecule has 0 bridgehead atoms. The van der Waals surface area contributed by atoms with Crippen molar-refractivity contribution in [1.29, 1.82) is 0 Å². The first kappa shape index (κ1) is 27.7. The van der Waals surface area contributed by atoms with Crippen LogP contribution in [0.3, 0.4) is 0 Å². The van der Waals surface area contributed by atoms with Crippen molar-refractivity contribution in [3.63, 3.8) is 0 Å². The van der Waals surface area contributed by atoms with E-state index in [0.29, 0.717) is 16.8 Å². The molecule has 5 rings (SSSR count). The fourth-order valence-corrected chi connectivity index (χ4v) is 5.11. The summed E-state index contributed by atoms with van der Waals surface area (Å²) >= 11 is 0. The fourth-order valence-electron chi connectivity index (χ4n) is 5.11. The van der Waals surface area contributed by atoms with Crippen molar-refractivity contribution < 1.29 is 14.0 Å². The Balaban J connectivity index is 0.000000861. The number of carbonyl (C=O) groups is 2. The lowest BCUT2D eigenvalue weighted by atomic mass is 10.0. The highest BCUT2D eigenvalue weighted by molar-refractivity contribution is 6.34. The van der Waals surface area contributed by atoms with Crippen molar-refractivity contribution in [2.45, 2.75) is 66.7 Å². The van der Waals surface area contributed by atoms with E-state index in [1.807, 2.05) is 39.5 Å². The summed E-state index contributed by atoms with van der Waals surface area (Å²) in [5, 5.41) is 2.78. The minimum atomic E-state index is -0.385. The van der Waals surface area contributed by atoms with E-state index < -0.39 is 0 Å². The van der Waals surface area contributed by atoms with E-state index in [2.05, 4.69) is 15.2 Å². The van der Waals surface area contributed by atoms with E-state index in [1.54, 1.807) is 12.1 Å². The van der Waals surface area contributed by atoms with Gasteiger partial charge in [0.15, 0.2) is 0 Å². The molecule has 1 saturated heterocycles. The van der Waals surface area contributed by atoms with Gasteiger partial charge in [0.2, 0.25) is 0 Å². The number of aryl methyl sites for hydroxylation is 1. The van der Waals surface area contributed by atoms with Gasteiger partial charge >= 0.3 is 0 Å². The third kappa shape index (κ3) is 5.89. The van der Waals surface area contributed by atoms with Crippen LogP contribution in [-0.2, 0) is 11.2 Å². The van der Waals surface area contributed by atoms with Crippen LogP contribution in [0.4, 0.5) is 10.1 Å². The van der Waals surface area contributed by atoms with Crippen LogP contribution in [0.5, 0.6) is 0 Å². The van der Waals surface area contributed by atoms with Gasteiger partial charge in [0, 0.05) is 42.3 Å². The maximum absolute atomic E-state index is 13.8. The van der Waals surface area contributed by atoms with E-state index in [4.69, 9.17) is 0 Å². The lowest BCUT2D eigenvalue weighted by Crippen LogP contribution is -2.40. The highest BCUT2D eigenvalue weighted by Gasteiger charge is 2.29. The lowest BCUT2D eigenvalue weighted by Gasteiger charge is -2.29. The molecule has 1 aromatic heterocycles. The molecule has 36 heavy (non-hydrogen) atoms. The Morgan fingerprint density at radius 1 is 0.972 bits per heavy atom. The standard InChI is InChI=1S/C25H29FN4O2.2C2H6/c1-16-22(15-19-18-14-17(26)7-8-20(18)28-24(19)31)27-21-6-5-11-30(25(32)23(16)21)13-12-29-9-3-2-4-10-29;2*1-2/h7-8,14-15,27H,2-6,9-13H2,1H3,(H,28,31);2*1-2H3/b19-15-;;. The lowest BCUT2D eigenvalue weighted by molar-refractivity contribution is -0.110. The molecule has 7 heteroatoms. The molecule has 0 aliphatic carbocycles. The molecule has 1 aromatic carbocycles. The van der Waals surface area contributed by atoms with Crippen molar-refractivity contribution in [2.24, 2.45) is 0 Å². The number of benzene rings is 1. The van der Waals surface area contributed by atoms with Crippen LogP contribution in [0, 0.1) is 12.7 Å². The van der Waals surface area contributed by atoms with E-state index in [9.17, 15) is 14.0 Å². The Bertz CT molecular complexity index is 1100. The van der Waals surface area contributed by atoms with Gasteiger partial charge in [0.25, 0.3) is 11.8 Å². The zero-order valence-corrected chi connectivity index (χ0v) is 22.5. The number of likely N-dealkylation sites (tertiary alicyclic amines) is 1. The number of halogens is 1. The number of aromatic amines is 1. The number of hydrogen-bond donors (Lipinski definition) is 2. The number of nitrogens with one attached hydrogen (secondary N) is 2. The Morgan fingerprint density at radius 2 is 1.69 bits per heavy atom. The van der Waals surface area contributed by atoms with Crippen LogP contribution < -0.4 is 5.32 Å². The average molecular weight is 497 g/mol. The number of anilines is 1. The molecule has 0 radical (unpaired) electrons. The third-order valence-corrected chi connectivity index (χ3v) is 6.91. The predicted octanol–water partition coefficient (Wildman–Crippen LogP) is 5.88. The molecular formula is C29H41FN4O2. The van der Waals surface area contributed by atoms with Crippen molar-refractivity contribution in [2.75, 3.05) is 38.0 Å². The number of H-pyrrole nitrogens is 1. The van der Waals surface area contributed by atoms with Crippen molar-refractivity contribution in [3.8, 4) is 0 Å². The molecule has 0 spiro atoms. The van der Waals surface area contributed by atoms with E-state index in [1.165, 1.54) is 31.4 Å². The Hall–Kier alpha value is -2.93. The van der Waals surface area contributed by atoms with Crippen molar-refractivity contribution in [1.82, 2.24) is 14.8 Å². The Labute approximate surface area is 214 Å². The maximum atomic E-state index is 13.8. The summed E-state index contributed by atoms with van der Waals surface area (Å²) < 4.78 is 13.8. The molecule has 0 atom stereocenters. The minimum Gasteiger partial charge on any atom is -0.358 e. The van der Waals surface area contributed by atoms with Crippen LogP contribution in [0.1, 0.15) is 86.3 Å². The van der Waals surface area contributed by atoms with Gasteiger partial charge in [-0.05, 0) is 75.5 Å². The number of piperidine rings is 1. The minimum absolute atomic E-state index is 0.0650. The molecular weight excluding hydrogens is 455 g/mol. The summed E-state index contributed by atoms with van der Waals surface area (Å²) in [7, 11) is 0. The van der Waals surface area contributed by atoms with Crippen LogP contribution in [-0.4, -0.2) is 59.3 Å². The number of nitrogens with zero attached hydrogens (tertiary/aromatic N) is 2. The SMILES string of the molecule is CC.CC.Cc1c(/C=C2\C(=O)Nc3ccc(F)cc32)[nH]c2c1C(=O)N(CCN1CCCCC1)CCC2. The largest absolute Gasteiger partial charge is 0.358 e. The number of carbonyl (C=O) groups excluding carboxylic acids is 2. The van der Waals surface area contributed by atoms with Gasteiger partial charge in [-0.25, -0.2) is 4.39 Å². The zero-order valence-electron chi connectivity index (χ0n) is 22.5. The Kier molecular flexibility index (Phi) is 9.88. The summed E-state index contributed by atoms with van der Waals surface area (Å²) in [5.41, 5.74) is 4.81. The molecule has 3 aliphatic heterocycles. The van der Waals surface area contributed by atoms with Crippen LogP contribution in [0.2, 0.25) is 0 Å². The molecule has 0 saturated carbocycles. The van der Waals surface area contributed by atoms with E-state index >= 15 is 0 Å². The average Bonchev–Trinajstić information content (AvgIpc) is 3.32. The molecule has 3 aliphatic rings. The first-order chi connectivity index (χ1) is 17.5. The summed E-state index contributed by atoms with van der Waals surface area (Å²) in [6.07, 6.45) is 7.24. The fraction of sp³-hybridized carbons (Fsp3) is 0.517. The molecule has 196 valence electrons. The van der Waals surface area contributed by atoms with E-state index in [-0.39, 0.29) is 17.6 Å². The monoisotopic (exact) mass is 496 g/mol. The van der Waals surface area contributed by atoms with Crippen molar-refractivity contribution >= 4 is 29.2 Å². The van der Waals surface area contributed by atoms with Gasteiger partial charge < -0.3 is 20.1 Å². The van der Waals surface area contributed by atoms with Crippen LogP contribution in [0.15, 0.2) is 18.2 Å². The first-order valence-corrected chi connectivity index (χ1v) is 13.6. The molecule has 2 N–H and O–H groups in total. The molecule has 0 unspecified atom stereocenters. The van der Waals surface area contributed by atoms with Crippen molar-refractivity contribution in [3.05, 3.63) is 52.1 Å². The second-order valence-corrected chi connectivity index (χ2v) is 9.02. The number of rotatable bonds is 4. The quantitative estimate of drug-likeness (QED) is 0.519. The topological polar surface area (TPSA) is 68.4 Å². The van der Waals surface area contributed by atoms with Crippen LogP contribution in [0.25, 0.3) is 11.6 Å². The maximum Gasteiger partial charge on any atom is 0.256 e. The number of amides is 2. The molecule has 2 aromatic rings. The Morgan fingerprint density at radius 3 is 2.42 bits per heavy atom. The van der Waals surface area contributed by atoms with Gasteiger partial charge in [-0.2, -0.15) is 0 Å². The molecule has 4 heterocycles. The number of aromatic nitrogens is 1. The normalized spacial score (nSPS) is 18.4. The predicted molar refractivity (Wildman–Crippen MR) is 146 cm³/mol. The summed E-state index contributed by atoms with van der Waals surface area (Å²) in [5.74, 6) is -0.579. The smallest absolute Gasteiger partial charge is 0.256 e. The third-order valence-electron chi connectivity index (χ3n) is 6.91. The summed E-state index contributed by atoms with van der Waals surface area (Å²) in [4.78, 5) is 33.8. The van der Waals surface area contributed by atoms with Crippen LogP contribution >= 0.6 is 0 Å². The highest BCUT2D eigenvalue weighted by Crippen LogP contribution is 2.35. The number of fused-ring (bicyclic) bond motifs is 2. The second-order valence-electron chi connectivity index (χ2n) is 9.02. The summed E-state index contributed by atoms with van der Waals surface area (Å²) in [6.45, 7) is 14.6.